The van der Waals surface area contributed by atoms with Crippen LogP contribution in [0, 0.1) is 6.92 Å². The lowest BCUT2D eigenvalue weighted by Gasteiger charge is -2.34. The Hall–Kier alpha value is -2.42. The van der Waals surface area contributed by atoms with Gasteiger partial charge in [-0.3, -0.25) is 4.79 Å². The maximum Gasteiger partial charge on any atom is 0.317 e. The zero-order chi connectivity index (χ0) is 21.8. The van der Waals surface area contributed by atoms with Crippen molar-refractivity contribution in [2.75, 3.05) is 13.1 Å². The highest BCUT2D eigenvalue weighted by molar-refractivity contribution is 9.10. The fraction of sp³-hybridized carbons (Fsp3) is 0.545. The lowest BCUT2D eigenvalue weighted by Crippen LogP contribution is -2.51. The molecule has 1 aliphatic heterocycles. The van der Waals surface area contributed by atoms with E-state index in [1.54, 1.807) is 4.68 Å². The van der Waals surface area contributed by atoms with Gasteiger partial charge < -0.3 is 15.5 Å². The Bertz CT molecular complexity index is 932. The summed E-state index contributed by atoms with van der Waals surface area (Å²) >= 11 is 3.45. The van der Waals surface area contributed by atoms with E-state index in [1.807, 2.05) is 36.1 Å². The molecule has 1 saturated heterocycles. The van der Waals surface area contributed by atoms with Gasteiger partial charge >= 0.3 is 6.03 Å². The van der Waals surface area contributed by atoms with Crippen molar-refractivity contribution in [1.82, 2.24) is 30.5 Å². The van der Waals surface area contributed by atoms with Crippen LogP contribution < -0.4 is 10.6 Å². The minimum absolute atomic E-state index is 0.0293. The quantitative estimate of drug-likeness (QED) is 0.687. The first kappa shape index (κ1) is 21.8. The lowest BCUT2D eigenvalue weighted by atomic mass is 9.95. The summed E-state index contributed by atoms with van der Waals surface area (Å²) in [4.78, 5) is 27.2. The number of benzene rings is 1. The first-order valence-corrected chi connectivity index (χ1v) is 11.8. The minimum Gasteiger partial charge on any atom is -0.348 e. The molecule has 0 radical (unpaired) electrons. The van der Waals surface area contributed by atoms with Crippen molar-refractivity contribution < 1.29 is 9.59 Å². The number of amides is 3. The molecule has 8 nitrogen and oxygen atoms in total. The summed E-state index contributed by atoms with van der Waals surface area (Å²) in [7, 11) is 0. The summed E-state index contributed by atoms with van der Waals surface area (Å²) in [6, 6.07) is 8.07. The van der Waals surface area contributed by atoms with Gasteiger partial charge in [-0.05, 0) is 50.8 Å². The third-order valence-corrected chi connectivity index (χ3v) is 6.71. The van der Waals surface area contributed by atoms with Gasteiger partial charge in [-0.15, -0.1) is 5.10 Å². The Labute approximate surface area is 190 Å². The Kier molecular flexibility index (Phi) is 6.89. The predicted octanol–water partition coefficient (Wildman–Crippen LogP) is 3.57. The molecule has 0 atom stereocenters. The molecule has 1 aliphatic carbocycles. The van der Waals surface area contributed by atoms with Crippen LogP contribution >= 0.6 is 15.9 Å². The molecule has 31 heavy (non-hydrogen) atoms. The number of piperidine rings is 1. The standard InChI is InChI=1S/C22H29BrN6O2/c1-15-20(26-27-29(15)19-9-5-6-16(23)14-19)21(30)24-18-10-12-28(13-11-18)22(31)25-17-7-3-2-4-8-17/h5-6,9,14,17-18H,2-4,7-8,10-13H2,1H3,(H,24,30)(H,25,31). The molecule has 1 saturated carbocycles. The maximum atomic E-state index is 12.8. The van der Waals surface area contributed by atoms with Crippen molar-refractivity contribution in [3.8, 4) is 5.69 Å². The number of urea groups is 1. The number of hydrogen-bond acceptors (Lipinski definition) is 4. The van der Waals surface area contributed by atoms with E-state index >= 15 is 0 Å². The van der Waals surface area contributed by atoms with Crippen LogP contribution in [0.15, 0.2) is 28.7 Å². The monoisotopic (exact) mass is 488 g/mol. The van der Waals surface area contributed by atoms with Gasteiger partial charge in [0.05, 0.1) is 11.4 Å². The van der Waals surface area contributed by atoms with Crippen molar-refractivity contribution in [2.24, 2.45) is 0 Å². The molecule has 2 aliphatic rings. The number of carbonyl (C=O) groups excluding carboxylic acids is 2. The SMILES string of the molecule is Cc1c(C(=O)NC2CCN(C(=O)NC3CCCCC3)CC2)nnn1-c1cccc(Br)c1. The van der Waals surface area contributed by atoms with E-state index < -0.39 is 0 Å². The molecular weight excluding hydrogens is 460 g/mol. The summed E-state index contributed by atoms with van der Waals surface area (Å²) in [6.07, 6.45) is 7.31. The molecule has 0 spiro atoms. The highest BCUT2D eigenvalue weighted by Crippen LogP contribution is 2.19. The Balaban J connectivity index is 1.30. The number of nitrogens with zero attached hydrogens (tertiary/aromatic N) is 4. The van der Waals surface area contributed by atoms with Gasteiger partial charge in [-0.25, -0.2) is 9.48 Å². The van der Waals surface area contributed by atoms with Crippen LogP contribution in [0.25, 0.3) is 5.69 Å². The molecule has 0 unspecified atom stereocenters. The van der Waals surface area contributed by atoms with E-state index in [9.17, 15) is 9.59 Å². The number of nitrogens with one attached hydrogen (secondary N) is 2. The number of likely N-dealkylation sites (tertiary alicyclic amines) is 1. The molecule has 2 fully saturated rings. The third-order valence-electron chi connectivity index (χ3n) is 6.21. The molecule has 2 N–H and O–H groups in total. The Morgan fingerprint density at radius 2 is 1.74 bits per heavy atom. The topological polar surface area (TPSA) is 92.2 Å². The minimum atomic E-state index is -0.219. The average Bonchev–Trinajstić information content (AvgIpc) is 3.16. The summed E-state index contributed by atoms with van der Waals surface area (Å²) in [5, 5.41) is 14.5. The predicted molar refractivity (Wildman–Crippen MR) is 121 cm³/mol. The van der Waals surface area contributed by atoms with Crippen LogP contribution in [0.1, 0.15) is 61.1 Å². The van der Waals surface area contributed by atoms with Gasteiger partial charge in [0.25, 0.3) is 5.91 Å². The first-order chi connectivity index (χ1) is 15.0. The number of carbonyl (C=O) groups is 2. The fourth-order valence-electron chi connectivity index (χ4n) is 4.39. The first-order valence-electron chi connectivity index (χ1n) is 11.1. The van der Waals surface area contributed by atoms with Crippen LogP contribution in [0.3, 0.4) is 0 Å². The molecule has 2 aromatic rings. The number of rotatable bonds is 4. The van der Waals surface area contributed by atoms with Crippen LogP contribution in [0.5, 0.6) is 0 Å². The normalized spacial score (nSPS) is 18.1. The van der Waals surface area contributed by atoms with Gasteiger partial charge in [0.1, 0.15) is 0 Å². The van der Waals surface area contributed by atoms with Gasteiger partial charge in [0, 0.05) is 29.6 Å². The van der Waals surface area contributed by atoms with Crippen LogP contribution in [-0.2, 0) is 0 Å². The number of halogens is 1. The molecule has 0 bridgehead atoms. The number of aromatic nitrogens is 3. The average molecular weight is 489 g/mol. The molecule has 166 valence electrons. The van der Waals surface area contributed by atoms with Crippen molar-refractivity contribution >= 4 is 27.9 Å². The summed E-state index contributed by atoms with van der Waals surface area (Å²) < 4.78 is 2.60. The highest BCUT2D eigenvalue weighted by atomic mass is 79.9. The van der Waals surface area contributed by atoms with Gasteiger partial charge in [0.15, 0.2) is 5.69 Å². The van der Waals surface area contributed by atoms with Crippen LogP contribution in [-0.4, -0.2) is 57.0 Å². The lowest BCUT2D eigenvalue weighted by molar-refractivity contribution is 0.0911. The van der Waals surface area contributed by atoms with E-state index in [4.69, 9.17) is 0 Å². The summed E-state index contributed by atoms with van der Waals surface area (Å²) in [6.45, 7) is 3.13. The van der Waals surface area contributed by atoms with Gasteiger partial charge in [-0.2, -0.15) is 0 Å². The second-order valence-electron chi connectivity index (χ2n) is 8.43. The van der Waals surface area contributed by atoms with Gasteiger partial charge in [0.2, 0.25) is 0 Å². The molecule has 9 heteroatoms. The fourth-order valence-corrected chi connectivity index (χ4v) is 4.77. The molecule has 4 rings (SSSR count). The molecule has 2 heterocycles. The second-order valence-corrected chi connectivity index (χ2v) is 9.35. The Morgan fingerprint density at radius 3 is 2.45 bits per heavy atom. The van der Waals surface area contributed by atoms with Crippen molar-refractivity contribution in [3.05, 3.63) is 40.1 Å². The third kappa shape index (κ3) is 5.26. The molecule has 1 aromatic heterocycles. The highest BCUT2D eigenvalue weighted by Gasteiger charge is 2.27. The van der Waals surface area contributed by atoms with Gasteiger partial charge in [-0.1, -0.05) is 46.5 Å². The largest absolute Gasteiger partial charge is 0.348 e. The van der Waals surface area contributed by atoms with E-state index in [0.717, 1.165) is 35.8 Å². The summed E-state index contributed by atoms with van der Waals surface area (Å²) in [5.74, 6) is -0.219. The van der Waals surface area contributed by atoms with E-state index in [0.29, 0.717) is 30.5 Å². The van der Waals surface area contributed by atoms with Crippen molar-refractivity contribution in [2.45, 2.75) is 64.0 Å². The molecular formula is C22H29BrN6O2. The van der Waals surface area contributed by atoms with Crippen LogP contribution in [0.4, 0.5) is 4.79 Å². The second kappa shape index (κ2) is 9.80. The van der Waals surface area contributed by atoms with Crippen molar-refractivity contribution in [1.29, 1.82) is 0 Å². The smallest absolute Gasteiger partial charge is 0.317 e. The number of hydrogen-bond donors (Lipinski definition) is 2. The van der Waals surface area contributed by atoms with E-state index in [-0.39, 0.29) is 18.0 Å². The van der Waals surface area contributed by atoms with E-state index in [1.165, 1.54) is 19.3 Å². The van der Waals surface area contributed by atoms with Crippen LogP contribution in [0.2, 0.25) is 0 Å². The summed E-state index contributed by atoms with van der Waals surface area (Å²) in [5.41, 5.74) is 1.87. The zero-order valence-electron chi connectivity index (χ0n) is 17.8. The van der Waals surface area contributed by atoms with Crippen molar-refractivity contribution in [3.63, 3.8) is 0 Å². The Morgan fingerprint density at radius 1 is 1.03 bits per heavy atom. The zero-order valence-corrected chi connectivity index (χ0v) is 19.4. The molecule has 3 amide bonds. The molecule has 1 aromatic carbocycles. The van der Waals surface area contributed by atoms with E-state index in [2.05, 4.69) is 36.9 Å². The maximum absolute atomic E-state index is 12.8.